The first-order chi connectivity index (χ1) is 8.11. The van der Waals surface area contributed by atoms with E-state index in [0.29, 0.717) is 6.54 Å². The van der Waals surface area contributed by atoms with Gasteiger partial charge in [-0.3, -0.25) is 4.68 Å². The molecule has 0 spiro atoms. The molecule has 0 bridgehead atoms. The van der Waals surface area contributed by atoms with Crippen LogP contribution in [0.3, 0.4) is 0 Å². The fraction of sp³-hybridized carbons (Fsp3) is 0.308. The van der Waals surface area contributed by atoms with Crippen LogP contribution in [0.1, 0.15) is 22.5 Å². The Hall–Kier alpha value is -1.81. The molecular weight excluding hydrogens is 214 g/mol. The number of aliphatic hydroxyl groups is 1. The van der Waals surface area contributed by atoms with Gasteiger partial charge in [0.2, 0.25) is 0 Å². The summed E-state index contributed by atoms with van der Waals surface area (Å²) in [6.07, 6.45) is 0. The van der Waals surface area contributed by atoms with E-state index in [-0.39, 0.29) is 6.61 Å². The molecule has 0 fully saturated rings. The fourth-order valence-corrected chi connectivity index (χ4v) is 1.79. The number of rotatable bonds is 3. The maximum atomic E-state index is 8.97. The van der Waals surface area contributed by atoms with Crippen LogP contribution in [0.2, 0.25) is 0 Å². The van der Waals surface area contributed by atoms with Gasteiger partial charge in [-0.25, -0.2) is 0 Å². The van der Waals surface area contributed by atoms with E-state index in [0.717, 1.165) is 28.2 Å². The highest BCUT2D eigenvalue weighted by Gasteiger charge is 2.08. The lowest BCUT2D eigenvalue weighted by atomic mass is 10.1. The molecule has 0 atom stereocenters. The zero-order chi connectivity index (χ0) is 12.4. The molecule has 17 heavy (non-hydrogen) atoms. The molecule has 0 unspecified atom stereocenters. The summed E-state index contributed by atoms with van der Waals surface area (Å²) in [7, 11) is 0. The van der Waals surface area contributed by atoms with Crippen molar-refractivity contribution in [1.82, 2.24) is 9.78 Å². The van der Waals surface area contributed by atoms with Crippen LogP contribution in [-0.2, 0) is 13.2 Å². The molecular formula is C13H17N3O. The monoisotopic (exact) mass is 231 g/mol. The highest BCUT2D eigenvalue weighted by Crippen LogP contribution is 2.16. The van der Waals surface area contributed by atoms with Crippen LogP contribution in [0.5, 0.6) is 0 Å². The van der Waals surface area contributed by atoms with Crippen molar-refractivity contribution in [2.45, 2.75) is 27.0 Å². The number of nitrogen functional groups attached to an aromatic ring is 1. The number of aliphatic hydroxyl groups excluding tert-OH is 1. The lowest BCUT2D eigenvalue weighted by molar-refractivity contribution is 0.282. The minimum absolute atomic E-state index is 0.0765. The Bertz CT molecular complexity index is 514. The van der Waals surface area contributed by atoms with E-state index in [4.69, 9.17) is 10.8 Å². The topological polar surface area (TPSA) is 64.1 Å². The summed E-state index contributed by atoms with van der Waals surface area (Å²) >= 11 is 0. The minimum Gasteiger partial charge on any atom is -0.396 e. The standard InChI is InChI=1S/C13H17N3O/c1-9-13(14)10(2)16(15-9)7-11-3-5-12(8-17)6-4-11/h3-6,17H,7-8,14H2,1-2H3. The molecule has 0 amide bonds. The third kappa shape index (κ3) is 2.31. The molecule has 1 aromatic heterocycles. The smallest absolute Gasteiger partial charge is 0.0826 e. The Morgan fingerprint density at radius 1 is 1.18 bits per heavy atom. The second kappa shape index (κ2) is 4.59. The van der Waals surface area contributed by atoms with Gasteiger partial charge in [0.15, 0.2) is 0 Å². The van der Waals surface area contributed by atoms with Crippen molar-refractivity contribution in [2.24, 2.45) is 0 Å². The molecule has 1 heterocycles. The SMILES string of the molecule is Cc1nn(Cc2ccc(CO)cc2)c(C)c1N. The third-order valence-corrected chi connectivity index (χ3v) is 2.98. The number of hydrogen-bond acceptors (Lipinski definition) is 3. The molecule has 4 heteroatoms. The average Bonchev–Trinajstić information content (AvgIpc) is 2.58. The van der Waals surface area contributed by atoms with Crippen molar-refractivity contribution in [3.8, 4) is 0 Å². The molecule has 0 saturated carbocycles. The van der Waals surface area contributed by atoms with Gasteiger partial charge in [0.1, 0.15) is 0 Å². The average molecular weight is 231 g/mol. The Labute approximate surface area is 101 Å². The Balaban J connectivity index is 2.22. The summed E-state index contributed by atoms with van der Waals surface area (Å²) in [5.41, 5.74) is 10.6. The van der Waals surface area contributed by atoms with Crippen molar-refractivity contribution >= 4 is 5.69 Å². The van der Waals surface area contributed by atoms with Gasteiger partial charge in [-0.2, -0.15) is 5.10 Å². The molecule has 2 rings (SSSR count). The van der Waals surface area contributed by atoms with Gasteiger partial charge in [-0.1, -0.05) is 24.3 Å². The number of nitrogens with zero attached hydrogens (tertiary/aromatic N) is 2. The van der Waals surface area contributed by atoms with Crippen LogP contribution >= 0.6 is 0 Å². The summed E-state index contributed by atoms with van der Waals surface area (Å²) in [4.78, 5) is 0. The second-order valence-corrected chi connectivity index (χ2v) is 4.22. The zero-order valence-electron chi connectivity index (χ0n) is 10.1. The maximum Gasteiger partial charge on any atom is 0.0826 e. The molecule has 2 aromatic rings. The minimum atomic E-state index is 0.0765. The predicted octanol–water partition coefficient (Wildman–Crippen LogP) is 1.62. The molecule has 0 radical (unpaired) electrons. The Kier molecular flexibility index (Phi) is 3.15. The molecule has 0 saturated heterocycles. The summed E-state index contributed by atoms with van der Waals surface area (Å²) in [5.74, 6) is 0. The van der Waals surface area contributed by atoms with E-state index in [2.05, 4.69) is 5.10 Å². The predicted molar refractivity (Wildman–Crippen MR) is 67.6 cm³/mol. The van der Waals surface area contributed by atoms with Crippen molar-refractivity contribution in [3.63, 3.8) is 0 Å². The van der Waals surface area contributed by atoms with Gasteiger partial charge in [-0.05, 0) is 25.0 Å². The van der Waals surface area contributed by atoms with Crippen molar-refractivity contribution in [3.05, 3.63) is 46.8 Å². The lowest BCUT2D eigenvalue weighted by Gasteiger charge is -2.05. The first-order valence-electron chi connectivity index (χ1n) is 5.60. The number of benzene rings is 1. The van der Waals surface area contributed by atoms with Gasteiger partial charge in [-0.15, -0.1) is 0 Å². The summed E-state index contributed by atoms with van der Waals surface area (Å²) in [6, 6.07) is 7.84. The van der Waals surface area contributed by atoms with E-state index in [1.165, 1.54) is 0 Å². The van der Waals surface area contributed by atoms with Crippen LogP contribution in [0, 0.1) is 13.8 Å². The van der Waals surface area contributed by atoms with Crippen molar-refractivity contribution in [2.75, 3.05) is 5.73 Å². The van der Waals surface area contributed by atoms with Crippen molar-refractivity contribution in [1.29, 1.82) is 0 Å². The van der Waals surface area contributed by atoms with Crippen molar-refractivity contribution < 1.29 is 5.11 Å². The number of hydrogen-bond donors (Lipinski definition) is 2. The van der Waals surface area contributed by atoms with E-state index in [1.807, 2.05) is 42.8 Å². The van der Waals surface area contributed by atoms with Gasteiger partial charge in [0.25, 0.3) is 0 Å². The van der Waals surface area contributed by atoms with E-state index >= 15 is 0 Å². The van der Waals surface area contributed by atoms with Crippen LogP contribution in [0.15, 0.2) is 24.3 Å². The number of nitrogens with two attached hydrogens (primary N) is 1. The van der Waals surface area contributed by atoms with Crippen LogP contribution in [-0.4, -0.2) is 14.9 Å². The van der Waals surface area contributed by atoms with Gasteiger partial charge in [0.05, 0.1) is 30.2 Å². The zero-order valence-corrected chi connectivity index (χ0v) is 10.1. The van der Waals surface area contributed by atoms with Crippen LogP contribution in [0.4, 0.5) is 5.69 Å². The van der Waals surface area contributed by atoms with Gasteiger partial charge >= 0.3 is 0 Å². The maximum absolute atomic E-state index is 8.97. The normalized spacial score (nSPS) is 10.8. The van der Waals surface area contributed by atoms with Gasteiger partial charge < -0.3 is 10.8 Å². The van der Waals surface area contributed by atoms with E-state index in [1.54, 1.807) is 0 Å². The highest BCUT2D eigenvalue weighted by molar-refractivity contribution is 5.47. The first-order valence-corrected chi connectivity index (χ1v) is 5.60. The Morgan fingerprint density at radius 3 is 2.24 bits per heavy atom. The molecule has 3 N–H and O–H groups in total. The molecule has 90 valence electrons. The number of anilines is 1. The third-order valence-electron chi connectivity index (χ3n) is 2.98. The largest absolute Gasteiger partial charge is 0.396 e. The number of aromatic nitrogens is 2. The summed E-state index contributed by atoms with van der Waals surface area (Å²) < 4.78 is 1.90. The molecule has 0 aliphatic carbocycles. The second-order valence-electron chi connectivity index (χ2n) is 4.22. The van der Waals surface area contributed by atoms with E-state index < -0.39 is 0 Å². The summed E-state index contributed by atoms with van der Waals surface area (Å²) in [6.45, 7) is 4.66. The molecule has 0 aliphatic rings. The molecule has 1 aromatic carbocycles. The first kappa shape index (κ1) is 11.7. The summed E-state index contributed by atoms with van der Waals surface area (Å²) in [5, 5.41) is 13.4. The van der Waals surface area contributed by atoms with E-state index in [9.17, 15) is 0 Å². The number of aryl methyl sites for hydroxylation is 1. The quantitative estimate of drug-likeness (QED) is 0.843. The molecule has 4 nitrogen and oxygen atoms in total. The van der Waals surface area contributed by atoms with Crippen LogP contribution < -0.4 is 5.73 Å². The molecule has 0 aliphatic heterocycles. The fourth-order valence-electron chi connectivity index (χ4n) is 1.79. The van der Waals surface area contributed by atoms with Gasteiger partial charge in [0, 0.05) is 0 Å². The van der Waals surface area contributed by atoms with Crippen LogP contribution in [0.25, 0.3) is 0 Å². The lowest BCUT2D eigenvalue weighted by Crippen LogP contribution is -2.04. The highest BCUT2D eigenvalue weighted by atomic mass is 16.3. The Morgan fingerprint density at radius 2 is 1.76 bits per heavy atom.